The molecule has 1 saturated heterocycles. The van der Waals surface area contributed by atoms with Crippen molar-refractivity contribution in [2.24, 2.45) is 11.8 Å². The van der Waals surface area contributed by atoms with Crippen LogP contribution < -0.4 is 4.90 Å². The van der Waals surface area contributed by atoms with Gasteiger partial charge in [0.25, 0.3) is 0 Å². The van der Waals surface area contributed by atoms with Crippen molar-refractivity contribution in [3.05, 3.63) is 24.4 Å². The van der Waals surface area contributed by atoms with Crippen LogP contribution in [0, 0.1) is 11.8 Å². The standard InChI is InChI=1S/C14H17N3O3/c18-13(10-9-11(10)14(19)20)17-7-5-16(6-8-17)12-3-1-2-4-15-12/h1-4,10-11H,5-9H2,(H,19,20). The van der Waals surface area contributed by atoms with Crippen LogP contribution in [-0.4, -0.2) is 53.0 Å². The van der Waals surface area contributed by atoms with Gasteiger partial charge in [0.2, 0.25) is 5.91 Å². The minimum atomic E-state index is -0.851. The van der Waals surface area contributed by atoms with E-state index in [0.29, 0.717) is 19.5 Å². The maximum Gasteiger partial charge on any atom is 0.307 e. The van der Waals surface area contributed by atoms with Crippen LogP contribution in [0.1, 0.15) is 6.42 Å². The van der Waals surface area contributed by atoms with Crippen LogP contribution in [0.3, 0.4) is 0 Å². The Bertz CT molecular complexity index is 512. The zero-order valence-electron chi connectivity index (χ0n) is 11.1. The van der Waals surface area contributed by atoms with E-state index in [0.717, 1.165) is 18.9 Å². The third-order valence-electron chi connectivity index (χ3n) is 3.99. The van der Waals surface area contributed by atoms with E-state index < -0.39 is 11.9 Å². The number of carbonyl (C=O) groups is 2. The zero-order valence-corrected chi connectivity index (χ0v) is 11.1. The summed E-state index contributed by atoms with van der Waals surface area (Å²) in [4.78, 5) is 31.2. The highest BCUT2D eigenvalue weighted by Crippen LogP contribution is 2.40. The zero-order chi connectivity index (χ0) is 14.1. The molecule has 2 unspecified atom stereocenters. The Morgan fingerprint density at radius 1 is 1.15 bits per heavy atom. The molecule has 2 heterocycles. The highest BCUT2D eigenvalue weighted by atomic mass is 16.4. The molecule has 20 heavy (non-hydrogen) atoms. The number of pyridine rings is 1. The average Bonchev–Trinajstić information content (AvgIpc) is 3.28. The van der Waals surface area contributed by atoms with E-state index in [1.807, 2.05) is 18.2 Å². The number of rotatable bonds is 3. The van der Waals surface area contributed by atoms with Crippen LogP contribution in [0.5, 0.6) is 0 Å². The first kappa shape index (κ1) is 12.9. The van der Waals surface area contributed by atoms with Gasteiger partial charge in [0.1, 0.15) is 5.82 Å². The highest BCUT2D eigenvalue weighted by molar-refractivity contribution is 5.89. The van der Waals surface area contributed by atoms with Crippen molar-refractivity contribution in [1.29, 1.82) is 0 Å². The summed E-state index contributed by atoms with van der Waals surface area (Å²) < 4.78 is 0. The molecule has 1 amide bonds. The minimum absolute atomic E-state index is 0.00179. The number of carbonyl (C=O) groups excluding carboxylic acids is 1. The first-order chi connectivity index (χ1) is 9.66. The largest absolute Gasteiger partial charge is 0.481 e. The molecule has 6 heteroatoms. The Morgan fingerprint density at radius 2 is 1.90 bits per heavy atom. The van der Waals surface area contributed by atoms with Crippen molar-refractivity contribution in [3.8, 4) is 0 Å². The number of nitrogens with zero attached hydrogens (tertiary/aromatic N) is 3. The topological polar surface area (TPSA) is 73.7 Å². The molecule has 0 spiro atoms. The van der Waals surface area contributed by atoms with Crippen molar-refractivity contribution in [2.45, 2.75) is 6.42 Å². The average molecular weight is 275 g/mol. The number of piperazine rings is 1. The van der Waals surface area contributed by atoms with Crippen LogP contribution in [0.15, 0.2) is 24.4 Å². The number of aromatic nitrogens is 1. The fraction of sp³-hybridized carbons (Fsp3) is 0.500. The lowest BCUT2D eigenvalue weighted by molar-refractivity contribution is -0.142. The highest BCUT2D eigenvalue weighted by Gasteiger charge is 2.50. The van der Waals surface area contributed by atoms with Gasteiger partial charge in [0.05, 0.1) is 11.8 Å². The molecule has 1 N–H and O–H groups in total. The number of aliphatic carboxylic acids is 1. The third kappa shape index (κ3) is 2.45. The van der Waals surface area contributed by atoms with Gasteiger partial charge in [0.15, 0.2) is 0 Å². The lowest BCUT2D eigenvalue weighted by Crippen LogP contribution is -2.49. The van der Waals surface area contributed by atoms with E-state index in [1.165, 1.54) is 0 Å². The van der Waals surface area contributed by atoms with E-state index in [-0.39, 0.29) is 11.8 Å². The summed E-state index contributed by atoms with van der Waals surface area (Å²) in [5.74, 6) is -0.687. The van der Waals surface area contributed by atoms with Crippen molar-refractivity contribution < 1.29 is 14.7 Å². The van der Waals surface area contributed by atoms with Gasteiger partial charge in [-0.3, -0.25) is 9.59 Å². The summed E-state index contributed by atoms with van der Waals surface area (Å²) in [6.07, 6.45) is 2.25. The lowest BCUT2D eigenvalue weighted by Gasteiger charge is -2.35. The van der Waals surface area contributed by atoms with Crippen molar-refractivity contribution in [2.75, 3.05) is 31.1 Å². The smallest absolute Gasteiger partial charge is 0.307 e. The van der Waals surface area contributed by atoms with Gasteiger partial charge in [-0.2, -0.15) is 0 Å². The van der Waals surface area contributed by atoms with Gasteiger partial charge >= 0.3 is 5.97 Å². The molecule has 2 atom stereocenters. The first-order valence-corrected chi connectivity index (χ1v) is 6.84. The second-order valence-electron chi connectivity index (χ2n) is 5.29. The summed E-state index contributed by atoms with van der Waals surface area (Å²) in [5.41, 5.74) is 0. The molecule has 3 rings (SSSR count). The lowest BCUT2D eigenvalue weighted by atomic mass is 10.2. The minimum Gasteiger partial charge on any atom is -0.481 e. The predicted octanol–water partition coefficient (Wildman–Crippen LogP) is 0.451. The van der Waals surface area contributed by atoms with Crippen LogP contribution in [0.25, 0.3) is 0 Å². The number of carboxylic acids is 1. The summed E-state index contributed by atoms with van der Waals surface area (Å²) in [6, 6.07) is 5.78. The van der Waals surface area contributed by atoms with Crippen LogP contribution >= 0.6 is 0 Å². The maximum absolute atomic E-state index is 12.1. The number of anilines is 1. The van der Waals surface area contributed by atoms with Gasteiger partial charge in [-0.25, -0.2) is 4.98 Å². The summed E-state index contributed by atoms with van der Waals surface area (Å²) >= 11 is 0. The van der Waals surface area contributed by atoms with E-state index >= 15 is 0 Å². The molecule has 1 aliphatic heterocycles. The Balaban J connectivity index is 1.54. The molecule has 1 aliphatic carbocycles. The number of amides is 1. The molecule has 106 valence electrons. The SMILES string of the molecule is O=C(O)C1CC1C(=O)N1CCN(c2ccccn2)CC1. The first-order valence-electron chi connectivity index (χ1n) is 6.84. The van der Waals surface area contributed by atoms with Crippen molar-refractivity contribution in [1.82, 2.24) is 9.88 Å². The fourth-order valence-corrected chi connectivity index (χ4v) is 2.67. The second-order valence-corrected chi connectivity index (χ2v) is 5.29. The summed E-state index contributed by atoms with van der Waals surface area (Å²) in [5, 5.41) is 8.87. The Labute approximate surface area is 117 Å². The molecular formula is C14H17N3O3. The quantitative estimate of drug-likeness (QED) is 0.867. The van der Waals surface area contributed by atoms with Crippen LogP contribution in [0.2, 0.25) is 0 Å². The Hall–Kier alpha value is -2.11. The number of hydrogen-bond acceptors (Lipinski definition) is 4. The number of hydrogen-bond donors (Lipinski definition) is 1. The maximum atomic E-state index is 12.1. The van der Waals surface area contributed by atoms with E-state index in [1.54, 1.807) is 11.1 Å². The molecule has 0 radical (unpaired) electrons. The molecule has 0 bridgehead atoms. The fourth-order valence-electron chi connectivity index (χ4n) is 2.67. The van der Waals surface area contributed by atoms with Gasteiger partial charge in [-0.1, -0.05) is 6.07 Å². The monoisotopic (exact) mass is 275 g/mol. The third-order valence-corrected chi connectivity index (χ3v) is 3.99. The Morgan fingerprint density at radius 3 is 2.45 bits per heavy atom. The molecule has 2 aliphatic rings. The van der Waals surface area contributed by atoms with Gasteiger partial charge < -0.3 is 14.9 Å². The Kier molecular flexibility index (Phi) is 3.30. The predicted molar refractivity (Wildman–Crippen MR) is 72.3 cm³/mol. The second kappa shape index (κ2) is 5.11. The van der Waals surface area contributed by atoms with Gasteiger partial charge in [0, 0.05) is 32.4 Å². The van der Waals surface area contributed by atoms with Gasteiger partial charge in [-0.05, 0) is 18.6 Å². The molecule has 1 aromatic heterocycles. The van der Waals surface area contributed by atoms with Crippen molar-refractivity contribution >= 4 is 17.7 Å². The molecule has 2 fully saturated rings. The molecule has 1 aromatic rings. The molecular weight excluding hydrogens is 258 g/mol. The molecule has 6 nitrogen and oxygen atoms in total. The van der Waals surface area contributed by atoms with Crippen LogP contribution in [0.4, 0.5) is 5.82 Å². The van der Waals surface area contributed by atoms with Gasteiger partial charge in [-0.15, -0.1) is 0 Å². The normalized spacial score (nSPS) is 25.4. The molecule has 1 saturated carbocycles. The number of carboxylic acid groups (broad SMARTS) is 1. The molecule has 0 aromatic carbocycles. The summed E-state index contributed by atoms with van der Waals surface area (Å²) in [7, 11) is 0. The van der Waals surface area contributed by atoms with E-state index in [2.05, 4.69) is 9.88 Å². The van der Waals surface area contributed by atoms with Crippen molar-refractivity contribution in [3.63, 3.8) is 0 Å². The van der Waals surface area contributed by atoms with E-state index in [4.69, 9.17) is 5.11 Å². The van der Waals surface area contributed by atoms with E-state index in [9.17, 15) is 9.59 Å². The van der Waals surface area contributed by atoms with Crippen LogP contribution in [-0.2, 0) is 9.59 Å². The summed E-state index contributed by atoms with van der Waals surface area (Å²) in [6.45, 7) is 2.76.